The third-order valence-corrected chi connectivity index (χ3v) is 5.15. The van der Waals surface area contributed by atoms with Gasteiger partial charge in [0.2, 0.25) is 0 Å². The van der Waals surface area contributed by atoms with Crippen LogP contribution in [0.15, 0.2) is 29.3 Å². The zero-order chi connectivity index (χ0) is 17.3. The van der Waals surface area contributed by atoms with E-state index in [1.54, 1.807) is 7.11 Å². The molecule has 0 aliphatic carbocycles. The minimum atomic E-state index is -0.868. The molecule has 0 aliphatic rings. The molecule has 5 nitrogen and oxygen atoms in total. The van der Waals surface area contributed by atoms with Crippen LogP contribution in [-0.2, 0) is 17.3 Å². The number of guanidine groups is 1. The molecule has 0 heterocycles. The van der Waals surface area contributed by atoms with Crippen LogP contribution in [-0.4, -0.2) is 40.9 Å². The lowest BCUT2D eigenvalue weighted by Crippen LogP contribution is -2.40. The normalized spacial score (nSPS) is 13.5. The molecular weight excluding hydrogens is 310 g/mol. The monoisotopic (exact) mass is 339 g/mol. The van der Waals surface area contributed by atoms with Crippen molar-refractivity contribution in [3.05, 3.63) is 29.8 Å². The highest BCUT2D eigenvalue weighted by Gasteiger charge is 2.18. The highest BCUT2D eigenvalue weighted by atomic mass is 32.2. The van der Waals surface area contributed by atoms with Gasteiger partial charge in [-0.15, -0.1) is 0 Å². The number of methoxy groups -OCH3 is 1. The summed E-state index contributed by atoms with van der Waals surface area (Å²) in [5.74, 6) is 2.16. The van der Waals surface area contributed by atoms with E-state index in [4.69, 9.17) is 4.74 Å². The number of benzene rings is 1. The van der Waals surface area contributed by atoms with Gasteiger partial charge in [0.15, 0.2) is 5.96 Å². The highest BCUT2D eigenvalue weighted by Crippen LogP contribution is 2.17. The first-order valence-corrected chi connectivity index (χ1v) is 9.23. The van der Waals surface area contributed by atoms with E-state index in [0.717, 1.165) is 23.8 Å². The Balaban J connectivity index is 2.62. The molecule has 0 saturated carbocycles. The van der Waals surface area contributed by atoms with E-state index in [9.17, 15) is 4.21 Å². The average molecular weight is 340 g/mol. The van der Waals surface area contributed by atoms with Crippen molar-refractivity contribution in [1.82, 2.24) is 10.6 Å². The lowest BCUT2D eigenvalue weighted by Gasteiger charge is -2.18. The summed E-state index contributed by atoms with van der Waals surface area (Å²) in [6.07, 6.45) is 0. The van der Waals surface area contributed by atoms with Gasteiger partial charge in [-0.2, -0.15) is 0 Å². The van der Waals surface area contributed by atoms with Gasteiger partial charge < -0.3 is 15.4 Å². The molecule has 0 amide bonds. The first kappa shape index (κ1) is 19.5. The predicted molar refractivity (Wildman–Crippen MR) is 98.6 cm³/mol. The van der Waals surface area contributed by atoms with E-state index < -0.39 is 10.8 Å². The Bertz CT molecular complexity index is 539. The molecule has 1 aromatic carbocycles. The van der Waals surface area contributed by atoms with Crippen molar-refractivity contribution in [2.45, 2.75) is 39.0 Å². The van der Waals surface area contributed by atoms with Crippen molar-refractivity contribution < 1.29 is 8.95 Å². The quantitative estimate of drug-likeness (QED) is 0.591. The van der Waals surface area contributed by atoms with E-state index in [1.165, 1.54) is 0 Å². The second-order valence-corrected chi connectivity index (χ2v) is 8.42. The first-order chi connectivity index (χ1) is 10.9. The number of para-hydroxylation sites is 1. The van der Waals surface area contributed by atoms with Crippen molar-refractivity contribution >= 4 is 16.8 Å². The molecule has 6 heteroatoms. The average Bonchev–Trinajstić information content (AvgIpc) is 2.51. The third kappa shape index (κ3) is 7.03. The van der Waals surface area contributed by atoms with Crippen molar-refractivity contribution in [1.29, 1.82) is 0 Å². The number of ether oxygens (including phenoxy) is 1. The Kier molecular flexibility index (Phi) is 8.09. The summed E-state index contributed by atoms with van der Waals surface area (Å²) in [6, 6.07) is 7.84. The summed E-state index contributed by atoms with van der Waals surface area (Å²) in [5, 5.41) is 6.44. The Hall–Kier alpha value is -1.56. The Labute approximate surface area is 142 Å². The maximum Gasteiger partial charge on any atom is 0.191 e. The van der Waals surface area contributed by atoms with Crippen molar-refractivity contribution in [3.63, 3.8) is 0 Å². The molecule has 0 spiro atoms. The van der Waals surface area contributed by atoms with Crippen LogP contribution >= 0.6 is 0 Å². The van der Waals surface area contributed by atoms with Gasteiger partial charge in [0, 0.05) is 40.0 Å². The molecule has 1 atom stereocenters. The summed E-state index contributed by atoms with van der Waals surface area (Å²) >= 11 is 0. The van der Waals surface area contributed by atoms with Crippen LogP contribution in [0.1, 0.15) is 33.3 Å². The van der Waals surface area contributed by atoms with E-state index in [1.807, 2.05) is 52.0 Å². The molecule has 0 aliphatic heterocycles. The smallest absolute Gasteiger partial charge is 0.191 e. The number of hydrogen-bond donors (Lipinski definition) is 2. The lowest BCUT2D eigenvalue weighted by molar-refractivity contribution is 0.410. The van der Waals surface area contributed by atoms with Crippen LogP contribution < -0.4 is 15.4 Å². The molecule has 0 radical (unpaired) electrons. The van der Waals surface area contributed by atoms with Crippen LogP contribution in [0.25, 0.3) is 0 Å². The zero-order valence-corrected chi connectivity index (χ0v) is 15.6. The van der Waals surface area contributed by atoms with Crippen molar-refractivity contribution in [2.24, 2.45) is 4.99 Å². The standard InChI is InChI=1S/C17H29N3O2S/c1-6-18-16(19-11-12-23(21)17(2,3)4)20-13-14-9-7-8-10-15(14)22-5/h7-10H,6,11-13H2,1-5H3,(H2,18,19,20). The van der Waals surface area contributed by atoms with E-state index in [-0.39, 0.29) is 4.75 Å². The zero-order valence-electron chi connectivity index (χ0n) is 14.8. The molecule has 23 heavy (non-hydrogen) atoms. The molecule has 1 rings (SSSR count). The molecule has 1 unspecified atom stereocenters. The van der Waals surface area contributed by atoms with Gasteiger partial charge in [-0.25, -0.2) is 4.99 Å². The van der Waals surface area contributed by atoms with Gasteiger partial charge >= 0.3 is 0 Å². The number of rotatable bonds is 7. The largest absolute Gasteiger partial charge is 0.496 e. The Morgan fingerprint density at radius 2 is 1.96 bits per heavy atom. The minimum Gasteiger partial charge on any atom is -0.496 e. The number of aliphatic imine (C=N–C) groups is 1. The number of nitrogens with zero attached hydrogens (tertiary/aromatic N) is 1. The maximum atomic E-state index is 12.1. The molecule has 0 bridgehead atoms. The number of hydrogen-bond acceptors (Lipinski definition) is 3. The first-order valence-electron chi connectivity index (χ1n) is 7.91. The van der Waals surface area contributed by atoms with Gasteiger partial charge in [-0.05, 0) is 33.8 Å². The van der Waals surface area contributed by atoms with Crippen LogP contribution in [0.2, 0.25) is 0 Å². The number of nitrogens with one attached hydrogen (secondary N) is 2. The molecule has 2 N–H and O–H groups in total. The summed E-state index contributed by atoms with van der Waals surface area (Å²) in [7, 11) is 0.793. The maximum absolute atomic E-state index is 12.1. The summed E-state index contributed by atoms with van der Waals surface area (Å²) in [6.45, 7) is 9.93. The molecule has 1 aromatic rings. The fourth-order valence-electron chi connectivity index (χ4n) is 1.91. The Morgan fingerprint density at radius 3 is 2.57 bits per heavy atom. The molecule has 130 valence electrons. The van der Waals surface area contributed by atoms with Crippen molar-refractivity contribution in [2.75, 3.05) is 26.0 Å². The fourth-order valence-corrected chi connectivity index (χ4v) is 2.81. The third-order valence-electron chi connectivity index (χ3n) is 3.21. The van der Waals surface area contributed by atoms with Crippen LogP contribution in [0.5, 0.6) is 5.75 Å². The minimum absolute atomic E-state index is 0.186. The van der Waals surface area contributed by atoms with Gasteiger partial charge in [0.05, 0.1) is 13.7 Å². The van der Waals surface area contributed by atoms with Gasteiger partial charge in [-0.1, -0.05) is 18.2 Å². The highest BCUT2D eigenvalue weighted by molar-refractivity contribution is 7.86. The SMILES string of the molecule is CCNC(=NCc1ccccc1OC)NCCS(=O)C(C)(C)C. The van der Waals surface area contributed by atoms with Crippen LogP contribution in [0.4, 0.5) is 0 Å². The summed E-state index contributed by atoms with van der Waals surface area (Å²) < 4.78 is 17.2. The van der Waals surface area contributed by atoms with Crippen LogP contribution in [0.3, 0.4) is 0 Å². The second kappa shape index (κ2) is 9.55. The van der Waals surface area contributed by atoms with Gasteiger partial charge in [0.1, 0.15) is 5.75 Å². The fraction of sp³-hybridized carbons (Fsp3) is 0.588. The molecular formula is C17H29N3O2S. The van der Waals surface area contributed by atoms with E-state index in [0.29, 0.717) is 18.8 Å². The van der Waals surface area contributed by atoms with Crippen LogP contribution in [0, 0.1) is 0 Å². The Morgan fingerprint density at radius 1 is 1.26 bits per heavy atom. The lowest BCUT2D eigenvalue weighted by atomic mass is 10.2. The molecule has 0 saturated heterocycles. The van der Waals surface area contributed by atoms with Gasteiger partial charge in [-0.3, -0.25) is 4.21 Å². The molecule has 0 aromatic heterocycles. The van der Waals surface area contributed by atoms with Crippen molar-refractivity contribution in [3.8, 4) is 5.75 Å². The second-order valence-electron chi connectivity index (χ2n) is 6.10. The predicted octanol–water partition coefficient (Wildman–Crippen LogP) is 2.30. The topological polar surface area (TPSA) is 62.7 Å². The molecule has 0 fully saturated rings. The van der Waals surface area contributed by atoms with Gasteiger partial charge in [0.25, 0.3) is 0 Å². The van der Waals surface area contributed by atoms with E-state index >= 15 is 0 Å². The summed E-state index contributed by atoms with van der Waals surface area (Å²) in [5.41, 5.74) is 1.03. The van der Waals surface area contributed by atoms with E-state index in [2.05, 4.69) is 15.6 Å². The summed E-state index contributed by atoms with van der Waals surface area (Å²) in [4.78, 5) is 4.57.